The Morgan fingerprint density at radius 3 is 2.07 bits per heavy atom. The van der Waals surface area contributed by atoms with Gasteiger partial charge in [-0.25, -0.2) is 0 Å². The van der Waals surface area contributed by atoms with Crippen LogP contribution in [0.4, 0.5) is 0 Å². The summed E-state index contributed by atoms with van der Waals surface area (Å²) in [6.45, 7) is 2.04. The lowest BCUT2D eigenvalue weighted by Crippen LogP contribution is -2.50. The van der Waals surface area contributed by atoms with Crippen molar-refractivity contribution in [2.45, 2.75) is 0 Å². The fourth-order valence-electron chi connectivity index (χ4n) is 3.55. The Balaban J connectivity index is 1.38. The highest BCUT2D eigenvalue weighted by Crippen LogP contribution is 2.19. The number of aromatic nitrogens is 1. The maximum Gasteiger partial charge on any atom is 0.254 e. The Kier molecular flexibility index (Phi) is 5.75. The Morgan fingerprint density at radius 1 is 0.800 bits per heavy atom. The predicted molar refractivity (Wildman–Crippen MR) is 114 cm³/mol. The number of amides is 2. The first kappa shape index (κ1) is 19.6. The van der Waals surface area contributed by atoms with Crippen molar-refractivity contribution >= 4 is 11.8 Å². The number of piperazine rings is 1. The Hall–Kier alpha value is -3.67. The molecule has 1 aliphatic heterocycles. The standard InChI is InChI=1S/C24H23N3O3/c1-30-21-6-4-5-20(17-21)24(29)27-15-13-26(14-16-27)23(28)19-10-8-18(9-11-19)22-7-2-3-12-25-22/h2-12,17H,13-16H2,1H3. The molecule has 0 aliphatic carbocycles. The quantitative estimate of drug-likeness (QED) is 0.673. The fourth-order valence-corrected chi connectivity index (χ4v) is 3.55. The zero-order valence-corrected chi connectivity index (χ0v) is 16.8. The van der Waals surface area contributed by atoms with Crippen LogP contribution in [-0.4, -0.2) is 59.9 Å². The lowest BCUT2D eigenvalue weighted by atomic mass is 10.1. The van der Waals surface area contributed by atoms with Gasteiger partial charge in [0.05, 0.1) is 12.8 Å². The molecule has 6 heteroatoms. The molecule has 1 fully saturated rings. The fraction of sp³-hybridized carbons (Fsp3) is 0.208. The average Bonchev–Trinajstić information content (AvgIpc) is 2.84. The summed E-state index contributed by atoms with van der Waals surface area (Å²) >= 11 is 0. The minimum Gasteiger partial charge on any atom is -0.497 e. The molecule has 2 aromatic carbocycles. The zero-order chi connectivity index (χ0) is 20.9. The van der Waals surface area contributed by atoms with Gasteiger partial charge in [0, 0.05) is 49.1 Å². The van der Waals surface area contributed by atoms with Gasteiger partial charge < -0.3 is 14.5 Å². The van der Waals surface area contributed by atoms with Gasteiger partial charge in [0.15, 0.2) is 0 Å². The average molecular weight is 401 g/mol. The topological polar surface area (TPSA) is 62.7 Å². The molecule has 0 radical (unpaired) electrons. The summed E-state index contributed by atoms with van der Waals surface area (Å²) in [5.74, 6) is 0.598. The van der Waals surface area contributed by atoms with Gasteiger partial charge in [-0.15, -0.1) is 0 Å². The second kappa shape index (κ2) is 8.78. The Morgan fingerprint density at radius 2 is 1.47 bits per heavy atom. The highest BCUT2D eigenvalue weighted by Gasteiger charge is 2.25. The monoisotopic (exact) mass is 401 g/mol. The smallest absolute Gasteiger partial charge is 0.254 e. The molecule has 1 aliphatic rings. The summed E-state index contributed by atoms with van der Waals surface area (Å²) in [4.78, 5) is 33.5. The summed E-state index contributed by atoms with van der Waals surface area (Å²) in [6.07, 6.45) is 1.75. The minimum absolute atomic E-state index is 0.0175. The van der Waals surface area contributed by atoms with Gasteiger partial charge in [-0.1, -0.05) is 24.3 Å². The van der Waals surface area contributed by atoms with Crippen LogP contribution in [0.2, 0.25) is 0 Å². The highest BCUT2D eigenvalue weighted by molar-refractivity contribution is 5.96. The molecular formula is C24H23N3O3. The van der Waals surface area contributed by atoms with Gasteiger partial charge in [-0.05, 0) is 42.5 Å². The second-order valence-electron chi connectivity index (χ2n) is 7.11. The Labute approximate surface area is 175 Å². The van der Waals surface area contributed by atoms with Crippen LogP contribution < -0.4 is 4.74 Å². The van der Waals surface area contributed by atoms with Crippen LogP contribution in [0.15, 0.2) is 72.9 Å². The van der Waals surface area contributed by atoms with E-state index in [1.165, 1.54) is 0 Å². The van der Waals surface area contributed by atoms with E-state index in [1.807, 2.05) is 48.5 Å². The van der Waals surface area contributed by atoms with Crippen molar-refractivity contribution in [1.82, 2.24) is 14.8 Å². The molecule has 152 valence electrons. The van der Waals surface area contributed by atoms with Crippen molar-refractivity contribution in [2.75, 3.05) is 33.3 Å². The van der Waals surface area contributed by atoms with Gasteiger partial charge in [-0.2, -0.15) is 0 Å². The number of carbonyl (C=O) groups is 2. The number of methoxy groups -OCH3 is 1. The van der Waals surface area contributed by atoms with Gasteiger partial charge >= 0.3 is 0 Å². The maximum absolute atomic E-state index is 12.9. The molecule has 30 heavy (non-hydrogen) atoms. The molecule has 0 bridgehead atoms. The van der Waals surface area contributed by atoms with Crippen LogP contribution in [0.25, 0.3) is 11.3 Å². The Bertz CT molecular complexity index is 1030. The van der Waals surface area contributed by atoms with Crippen molar-refractivity contribution < 1.29 is 14.3 Å². The van der Waals surface area contributed by atoms with Crippen LogP contribution in [0.5, 0.6) is 5.75 Å². The zero-order valence-electron chi connectivity index (χ0n) is 16.8. The molecule has 0 unspecified atom stereocenters. The lowest BCUT2D eigenvalue weighted by Gasteiger charge is -2.35. The molecule has 6 nitrogen and oxygen atoms in total. The first-order chi connectivity index (χ1) is 14.7. The van der Waals surface area contributed by atoms with E-state index in [0.717, 1.165) is 11.3 Å². The number of carbonyl (C=O) groups excluding carboxylic acids is 2. The summed E-state index contributed by atoms with van der Waals surface area (Å²) in [5, 5.41) is 0. The van der Waals surface area contributed by atoms with Crippen LogP contribution in [0, 0.1) is 0 Å². The van der Waals surface area contributed by atoms with Gasteiger partial charge in [0.2, 0.25) is 0 Å². The minimum atomic E-state index is -0.0410. The summed E-state index contributed by atoms with van der Waals surface area (Å²) < 4.78 is 5.20. The molecule has 0 spiro atoms. The molecule has 3 aromatic rings. The van der Waals surface area contributed by atoms with Crippen molar-refractivity contribution in [3.05, 3.63) is 84.1 Å². The third kappa shape index (κ3) is 4.17. The normalized spacial score (nSPS) is 13.8. The molecule has 1 saturated heterocycles. The molecule has 0 saturated carbocycles. The number of nitrogens with zero attached hydrogens (tertiary/aromatic N) is 3. The SMILES string of the molecule is COc1cccc(C(=O)N2CCN(C(=O)c3ccc(-c4ccccn4)cc3)CC2)c1. The first-order valence-corrected chi connectivity index (χ1v) is 9.90. The molecule has 2 amide bonds. The third-order valence-corrected chi connectivity index (χ3v) is 5.26. The molecule has 0 atom stereocenters. The maximum atomic E-state index is 12.9. The highest BCUT2D eigenvalue weighted by atomic mass is 16.5. The third-order valence-electron chi connectivity index (χ3n) is 5.26. The van der Waals surface area contributed by atoms with Crippen molar-refractivity contribution in [3.63, 3.8) is 0 Å². The summed E-state index contributed by atoms with van der Waals surface area (Å²) in [6, 6.07) is 20.4. The molecule has 4 rings (SSSR count). The first-order valence-electron chi connectivity index (χ1n) is 9.90. The number of hydrogen-bond donors (Lipinski definition) is 0. The van der Waals surface area contributed by atoms with Crippen LogP contribution in [0.3, 0.4) is 0 Å². The largest absolute Gasteiger partial charge is 0.497 e. The van der Waals surface area contributed by atoms with Crippen LogP contribution in [0.1, 0.15) is 20.7 Å². The predicted octanol–water partition coefficient (Wildman–Crippen LogP) is 3.36. The molecule has 1 aromatic heterocycles. The number of ether oxygens (including phenoxy) is 1. The van der Waals surface area contributed by atoms with E-state index in [9.17, 15) is 9.59 Å². The summed E-state index contributed by atoms with van der Waals surface area (Å²) in [7, 11) is 1.58. The number of rotatable bonds is 4. The van der Waals surface area contributed by atoms with Crippen LogP contribution in [-0.2, 0) is 0 Å². The van der Waals surface area contributed by atoms with Gasteiger partial charge in [0.1, 0.15) is 5.75 Å². The van der Waals surface area contributed by atoms with Gasteiger partial charge in [0.25, 0.3) is 11.8 Å². The van der Waals surface area contributed by atoms with Crippen molar-refractivity contribution in [3.8, 4) is 17.0 Å². The van der Waals surface area contributed by atoms with E-state index in [4.69, 9.17) is 4.74 Å². The van der Waals surface area contributed by atoms with E-state index in [0.29, 0.717) is 43.1 Å². The summed E-state index contributed by atoms with van der Waals surface area (Å²) in [5.41, 5.74) is 3.09. The number of pyridine rings is 1. The van der Waals surface area contributed by atoms with E-state index in [-0.39, 0.29) is 11.8 Å². The van der Waals surface area contributed by atoms with E-state index in [1.54, 1.807) is 41.3 Å². The number of hydrogen-bond acceptors (Lipinski definition) is 4. The van der Waals surface area contributed by atoms with E-state index in [2.05, 4.69) is 4.98 Å². The second-order valence-corrected chi connectivity index (χ2v) is 7.11. The molecule has 0 N–H and O–H groups in total. The molecular weight excluding hydrogens is 378 g/mol. The number of benzene rings is 2. The van der Waals surface area contributed by atoms with E-state index >= 15 is 0 Å². The van der Waals surface area contributed by atoms with E-state index < -0.39 is 0 Å². The van der Waals surface area contributed by atoms with Crippen LogP contribution >= 0.6 is 0 Å². The van der Waals surface area contributed by atoms with Gasteiger partial charge in [-0.3, -0.25) is 14.6 Å². The van der Waals surface area contributed by atoms with Crippen molar-refractivity contribution in [2.24, 2.45) is 0 Å². The molecule has 2 heterocycles. The lowest BCUT2D eigenvalue weighted by molar-refractivity contribution is 0.0535. The van der Waals surface area contributed by atoms with Crippen molar-refractivity contribution in [1.29, 1.82) is 0 Å².